The van der Waals surface area contributed by atoms with Gasteiger partial charge in [-0.05, 0) is 42.0 Å². The van der Waals surface area contributed by atoms with Gasteiger partial charge in [-0.25, -0.2) is 4.57 Å². The fraction of sp³-hybridized carbons (Fsp3) is 0.0385. The molecule has 3 aromatic carbocycles. The Labute approximate surface area is 194 Å². The molecule has 0 fully saturated rings. The highest BCUT2D eigenvalue weighted by Crippen LogP contribution is 2.33. The van der Waals surface area contributed by atoms with Gasteiger partial charge in [0.1, 0.15) is 6.54 Å². The highest BCUT2D eigenvalue weighted by Gasteiger charge is 2.23. The van der Waals surface area contributed by atoms with Crippen molar-refractivity contribution in [3.8, 4) is 11.3 Å². The third kappa shape index (κ3) is 3.32. The number of fused-ring (bicyclic) bond motifs is 5. The number of hydrogen-bond donors (Lipinski definition) is 1. The van der Waals surface area contributed by atoms with Crippen LogP contribution < -0.4 is 16.8 Å². The minimum Gasteiger partial charge on any atom is -1.00 e. The topological polar surface area (TPSA) is 24.8 Å². The van der Waals surface area contributed by atoms with Gasteiger partial charge in [0, 0.05) is 26.3 Å². The lowest BCUT2D eigenvalue weighted by molar-refractivity contribution is -0.511. The van der Waals surface area contributed by atoms with Crippen LogP contribution in [0.2, 0.25) is 0 Å². The van der Waals surface area contributed by atoms with Crippen LogP contribution in [0.15, 0.2) is 102 Å². The van der Waals surface area contributed by atoms with Crippen LogP contribution in [-0.2, 0) is 6.54 Å². The molecule has 0 atom stereocenters. The number of hydrogen-bond acceptors (Lipinski definition) is 0. The number of rotatable bonds is 3. The van der Waals surface area contributed by atoms with Crippen LogP contribution in [-0.4, -0.2) is 9.55 Å². The molecule has 3 nitrogen and oxygen atoms in total. The molecule has 0 aliphatic carbocycles. The van der Waals surface area contributed by atoms with Crippen molar-refractivity contribution < 1.29 is 16.8 Å². The Morgan fingerprint density at radius 3 is 2.35 bits per heavy atom. The van der Waals surface area contributed by atoms with Crippen LogP contribution in [0, 0.1) is 0 Å². The fourth-order valence-corrected chi connectivity index (χ4v) is 4.64. The Bertz CT molecular complexity index is 1520. The molecule has 3 aromatic heterocycles. The zero-order valence-electron chi connectivity index (χ0n) is 16.6. The average Bonchev–Trinajstić information content (AvgIpc) is 3.33. The first-order valence-corrected chi connectivity index (χ1v) is 10.8. The number of aromatic amines is 1. The lowest BCUT2D eigenvalue weighted by Crippen LogP contribution is -3.00. The predicted molar refractivity (Wildman–Crippen MR) is 126 cm³/mol. The molecule has 0 bridgehead atoms. The first-order chi connectivity index (χ1) is 14.8. The largest absolute Gasteiger partial charge is 1.00 e. The van der Waals surface area contributed by atoms with Gasteiger partial charge in [-0.2, -0.15) is 4.40 Å². The summed E-state index contributed by atoms with van der Waals surface area (Å²) < 4.78 is 5.66. The number of nitrogens with zero attached hydrogens (tertiary/aromatic N) is 2. The highest BCUT2D eigenvalue weighted by atomic mass is 79.9. The maximum atomic E-state index is 3.68. The molecule has 0 radical (unpaired) electrons. The second-order valence-corrected chi connectivity index (χ2v) is 8.53. The molecular formula is C26H19BrClN3. The van der Waals surface area contributed by atoms with E-state index in [9.17, 15) is 0 Å². The number of H-pyrrole nitrogens is 1. The molecule has 0 aliphatic rings. The van der Waals surface area contributed by atoms with Crippen molar-refractivity contribution in [2.45, 2.75) is 6.54 Å². The van der Waals surface area contributed by atoms with E-state index in [0.29, 0.717) is 0 Å². The lowest BCUT2D eigenvalue weighted by atomic mass is 10.1. The number of halogens is 2. The van der Waals surface area contributed by atoms with Crippen molar-refractivity contribution >= 4 is 43.3 Å². The molecule has 6 rings (SSSR count). The van der Waals surface area contributed by atoms with E-state index in [-0.39, 0.29) is 12.4 Å². The SMILES string of the molecule is Brc1ccc(-c2c3c4[nH]c5ccccc5c4cc[n+]3cn2Cc2ccccc2)cc1.[Cl-]. The molecule has 0 spiro atoms. The van der Waals surface area contributed by atoms with Crippen molar-refractivity contribution in [3.05, 3.63) is 107 Å². The summed E-state index contributed by atoms with van der Waals surface area (Å²) in [5.41, 5.74) is 7.22. The van der Waals surface area contributed by atoms with Crippen molar-refractivity contribution in [1.29, 1.82) is 0 Å². The van der Waals surface area contributed by atoms with E-state index in [1.54, 1.807) is 0 Å². The van der Waals surface area contributed by atoms with Gasteiger partial charge in [0.15, 0.2) is 5.69 Å². The summed E-state index contributed by atoms with van der Waals surface area (Å²) in [6, 6.07) is 29.9. The maximum absolute atomic E-state index is 3.68. The predicted octanol–water partition coefficient (Wildman–Crippen LogP) is 3.34. The summed E-state index contributed by atoms with van der Waals surface area (Å²) in [5.74, 6) is 0. The molecule has 1 N–H and O–H groups in total. The summed E-state index contributed by atoms with van der Waals surface area (Å²) in [5, 5.41) is 2.51. The molecule has 3 heterocycles. The monoisotopic (exact) mass is 487 g/mol. The molecule has 0 saturated heterocycles. The van der Waals surface area contributed by atoms with Crippen LogP contribution in [0.25, 0.3) is 38.6 Å². The van der Waals surface area contributed by atoms with Gasteiger partial charge in [0.2, 0.25) is 11.8 Å². The number of imidazole rings is 1. The van der Waals surface area contributed by atoms with Crippen molar-refractivity contribution in [2.24, 2.45) is 0 Å². The number of aromatic nitrogens is 3. The Morgan fingerprint density at radius 1 is 0.806 bits per heavy atom. The fourth-order valence-electron chi connectivity index (χ4n) is 4.37. The second kappa shape index (κ2) is 7.88. The molecule has 152 valence electrons. The Balaban J connectivity index is 0.00000204. The molecule has 0 aliphatic heterocycles. The highest BCUT2D eigenvalue weighted by molar-refractivity contribution is 9.10. The second-order valence-electron chi connectivity index (χ2n) is 7.62. The van der Waals surface area contributed by atoms with Gasteiger partial charge in [-0.15, -0.1) is 0 Å². The molecule has 0 amide bonds. The Kier molecular flexibility index (Phi) is 5.05. The van der Waals surface area contributed by atoms with Crippen LogP contribution in [0.5, 0.6) is 0 Å². The molecule has 0 saturated carbocycles. The van der Waals surface area contributed by atoms with Gasteiger partial charge in [-0.3, -0.25) is 0 Å². The van der Waals surface area contributed by atoms with Gasteiger partial charge in [-0.1, -0.05) is 64.5 Å². The van der Waals surface area contributed by atoms with Gasteiger partial charge in [0.05, 0.1) is 11.7 Å². The Morgan fingerprint density at radius 2 is 1.55 bits per heavy atom. The zero-order chi connectivity index (χ0) is 20.1. The van der Waals surface area contributed by atoms with E-state index in [0.717, 1.165) is 16.5 Å². The average molecular weight is 489 g/mol. The molecular weight excluding hydrogens is 470 g/mol. The van der Waals surface area contributed by atoms with Crippen molar-refractivity contribution in [1.82, 2.24) is 9.55 Å². The summed E-state index contributed by atoms with van der Waals surface area (Å²) >= 11 is 3.58. The molecule has 5 heteroatoms. The van der Waals surface area contributed by atoms with Crippen LogP contribution in [0.3, 0.4) is 0 Å². The smallest absolute Gasteiger partial charge is 0.249 e. The van der Waals surface area contributed by atoms with Gasteiger partial charge in [0.25, 0.3) is 0 Å². The zero-order valence-corrected chi connectivity index (χ0v) is 18.9. The van der Waals surface area contributed by atoms with E-state index in [1.165, 1.54) is 38.6 Å². The minimum atomic E-state index is 0. The minimum absolute atomic E-state index is 0. The summed E-state index contributed by atoms with van der Waals surface area (Å²) in [6.45, 7) is 0.815. The van der Waals surface area contributed by atoms with Gasteiger partial charge >= 0.3 is 0 Å². The first-order valence-electron chi connectivity index (χ1n) is 10.0. The van der Waals surface area contributed by atoms with E-state index in [4.69, 9.17) is 0 Å². The number of para-hydroxylation sites is 1. The molecule has 0 unspecified atom stereocenters. The van der Waals surface area contributed by atoms with Crippen LogP contribution in [0.1, 0.15) is 5.56 Å². The summed E-state index contributed by atoms with van der Waals surface area (Å²) in [4.78, 5) is 3.68. The maximum Gasteiger partial charge on any atom is 0.249 e. The van der Waals surface area contributed by atoms with E-state index in [2.05, 4.69) is 127 Å². The molecule has 31 heavy (non-hydrogen) atoms. The van der Waals surface area contributed by atoms with E-state index < -0.39 is 0 Å². The number of pyridine rings is 1. The number of benzene rings is 3. The summed E-state index contributed by atoms with van der Waals surface area (Å²) in [6.07, 6.45) is 4.37. The normalized spacial score (nSPS) is 11.3. The molecule has 6 aromatic rings. The quantitative estimate of drug-likeness (QED) is 0.370. The number of nitrogens with one attached hydrogen (secondary N) is 1. The Hall–Kier alpha value is -3.08. The van der Waals surface area contributed by atoms with E-state index in [1.807, 2.05) is 0 Å². The lowest BCUT2D eigenvalue weighted by Gasteiger charge is -2.04. The standard InChI is InChI=1S/C26H19BrN3.ClH/c27-20-12-10-19(11-13-20)25-26-24-22(21-8-4-5-9-23(21)28-24)14-15-29(26)17-30(25)16-18-6-2-1-3-7-18;/h1-15,17,28H,16H2;1H/q+1;/p-1. The van der Waals surface area contributed by atoms with E-state index >= 15 is 0 Å². The van der Waals surface area contributed by atoms with Crippen LogP contribution in [0.4, 0.5) is 0 Å². The summed E-state index contributed by atoms with van der Waals surface area (Å²) in [7, 11) is 0. The van der Waals surface area contributed by atoms with Crippen LogP contribution >= 0.6 is 15.9 Å². The van der Waals surface area contributed by atoms with Crippen molar-refractivity contribution in [2.75, 3.05) is 0 Å². The third-order valence-electron chi connectivity index (χ3n) is 5.73. The van der Waals surface area contributed by atoms with Gasteiger partial charge < -0.3 is 17.4 Å². The first kappa shape index (κ1) is 19.9. The van der Waals surface area contributed by atoms with Crippen molar-refractivity contribution in [3.63, 3.8) is 0 Å². The third-order valence-corrected chi connectivity index (χ3v) is 6.26.